The summed E-state index contributed by atoms with van der Waals surface area (Å²) < 4.78 is 16.0. The number of methoxy groups -OCH3 is 1. The first kappa shape index (κ1) is 17.8. The Labute approximate surface area is 157 Å². The zero-order chi connectivity index (χ0) is 18.8. The van der Waals surface area contributed by atoms with Crippen LogP contribution < -0.4 is 15.0 Å². The molecule has 8 nitrogen and oxygen atoms in total. The first-order chi connectivity index (χ1) is 13.2. The molecule has 1 aromatic carbocycles. The van der Waals surface area contributed by atoms with E-state index in [-0.39, 0.29) is 19.1 Å². The highest BCUT2D eigenvalue weighted by Crippen LogP contribution is 2.34. The van der Waals surface area contributed by atoms with E-state index in [1.54, 1.807) is 7.11 Å². The number of hydrogen-bond donors (Lipinski definition) is 2. The fraction of sp³-hybridized carbons (Fsp3) is 0.474. The van der Waals surface area contributed by atoms with Crippen LogP contribution >= 0.6 is 0 Å². The maximum atomic E-state index is 13.1. The van der Waals surface area contributed by atoms with E-state index in [0.717, 1.165) is 37.2 Å². The van der Waals surface area contributed by atoms with Gasteiger partial charge in [-0.1, -0.05) is 5.16 Å². The fourth-order valence-corrected chi connectivity index (χ4v) is 3.49. The number of rotatable bonds is 5. The van der Waals surface area contributed by atoms with Crippen LogP contribution in [0.15, 0.2) is 28.8 Å². The number of nitrogens with one attached hydrogen (secondary N) is 1. The van der Waals surface area contributed by atoms with Gasteiger partial charge in [-0.15, -0.1) is 0 Å². The molecule has 1 aromatic heterocycles. The lowest BCUT2D eigenvalue weighted by atomic mass is 10.1. The summed E-state index contributed by atoms with van der Waals surface area (Å²) >= 11 is 0. The Balaban J connectivity index is 1.68. The maximum Gasteiger partial charge on any atom is 0.259 e. The summed E-state index contributed by atoms with van der Waals surface area (Å²) in [6, 6.07) is 6.84. The van der Waals surface area contributed by atoms with Gasteiger partial charge in [-0.2, -0.15) is 0 Å². The van der Waals surface area contributed by atoms with Gasteiger partial charge in [0, 0.05) is 18.7 Å². The lowest BCUT2D eigenvalue weighted by Gasteiger charge is -2.18. The molecular weight excluding hydrogens is 350 g/mol. The molecular formula is C19H23N3O5. The third-order valence-corrected chi connectivity index (χ3v) is 5.03. The largest absolute Gasteiger partial charge is 0.497 e. The van der Waals surface area contributed by atoms with Crippen molar-refractivity contribution in [1.29, 1.82) is 0 Å². The molecule has 2 fully saturated rings. The molecule has 2 saturated heterocycles. The maximum absolute atomic E-state index is 13.1. The van der Waals surface area contributed by atoms with Crippen molar-refractivity contribution in [1.82, 2.24) is 10.5 Å². The van der Waals surface area contributed by atoms with Crippen molar-refractivity contribution >= 4 is 11.7 Å². The van der Waals surface area contributed by atoms with E-state index in [1.165, 1.54) is 0 Å². The van der Waals surface area contributed by atoms with Crippen LogP contribution in [-0.4, -0.2) is 61.7 Å². The molecule has 2 aliphatic rings. The van der Waals surface area contributed by atoms with E-state index in [1.807, 2.05) is 24.3 Å². The minimum atomic E-state index is -0.714. The molecule has 3 heterocycles. The van der Waals surface area contributed by atoms with Crippen molar-refractivity contribution in [2.45, 2.75) is 25.0 Å². The highest BCUT2D eigenvalue weighted by atomic mass is 16.5. The van der Waals surface area contributed by atoms with E-state index in [9.17, 15) is 9.90 Å². The van der Waals surface area contributed by atoms with Crippen LogP contribution in [0, 0.1) is 0 Å². The number of anilines is 1. The molecule has 144 valence electrons. The van der Waals surface area contributed by atoms with E-state index in [4.69, 9.17) is 14.0 Å². The zero-order valence-electron chi connectivity index (χ0n) is 15.2. The van der Waals surface area contributed by atoms with Gasteiger partial charge in [0.25, 0.3) is 5.91 Å². The molecule has 0 spiro atoms. The Kier molecular flexibility index (Phi) is 5.00. The lowest BCUT2D eigenvalue weighted by molar-refractivity contribution is 0.0887. The van der Waals surface area contributed by atoms with Crippen molar-refractivity contribution in [2.24, 2.45) is 0 Å². The van der Waals surface area contributed by atoms with E-state index >= 15 is 0 Å². The summed E-state index contributed by atoms with van der Waals surface area (Å²) in [5.74, 6) is 1.35. The van der Waals surface area contributed by atoms with Gasteiger partial charge < -0.3 is 29.3 Å². The number of amides is 1. The molecule has 2 aliphatic heterocycles. The van der Waals surface area contributed by atoms with Crippen LogP contribution in [0.4, 0.5) is 5.82 Å². The van der Waals surface area contributed by atoms with Gasteiger partial charge in [-0.25, -0.2) is 0 Å². The Morgan fingerprint density at radius 1 is 1.26 bits per heavy atom. The average Bonchev–Trinajstić information content (AvgIpc) is 3.42. The van der Waals surface area contributed by atoms with Crippen molar-refractivity contribution in [2.75, 3.05) is 38.3 Å². The SMILES string of the molecule is COc1ccc(-c2onc(N3CCCC3)c2C(=O)N[C@H]2COC[C@@H]2O)cc1. The summed E-state index contributed by atoms with van der Waals surface area (Å²) in [4.78, 5) is 15.1. The summed E-state index contributed by atoms with van der Waals surface area (Å²) in [6.07, 6.45) is 1.40. The summed E-state index contributed by atoms with van der Waals surface area (Å²) in [6.45, 7) is 2.18. The molecule has 0 unspecified atom stereocenters. The van der Waals surface area contributed by atoms with Gasteiger partial charge in [-0.3, -0.25) is 4.79 Å². The van der Waals surface area contributed by atoms with Gasteiger partial charge >= 0.3 is 0 Å². The molecule has 0 bridgehead atoms. The van der Waals surface area contributed by atoms with Crippen molar-refractivity contribution in [3.05, 3.63) is 29.8 Å². The zero-order valence-corrected chi connectivity index (χ0v) is 15.2. The van der Waals surface area contributed by atoms with Crippen LogP contribution in [0.5, 0.6) is 5.75 Å². The van der Waals surface area contributed by atoms with Gasteiger partial charge in [-0.05, 0) is 37.1 Å². The minimum absolute atomic E-state index is 0.221. The lowest BCUT2D eigenvalue weighted by Crippen LogP contribution is -2.43. The molecule has 1 amide bonds. The van der Waals surface area contributed by atoms with Crippen LogP contribution in [-0.2, 0) is 4.74 Å². The molecule has 4 rings (SSSR count). The van der Waals surface area contributed by atoms with Crippen molar-refractivity contribution in [3.63, 3.8) is 0 Å². The Morgan fingerprint density at radius 3 is 2.63 bits per heavy atom. The predicted molar refractivity (Wildman–Crippen MR) is 98.0 cm³/mol. The van der Waals surface area contributed by atoms with E-state index < -0.39 is 12.1 Å². The molecule has 8 heteroatoms. The second-order valence-electron chi connectivity index (χ2n) is 6.82. The normalized spacial score (nSPS) is 22.2. The molecule has 27 heavy (non-hydrogen) atoms. The van der Waals surface area contributed by atoms with E-state index in [2.05, 4.69) is 15.4 Å². The highest BCUT2D eigenvalue weighted by molar-refractivity contribution is 6.04. The second kappa shape index (κ2) is 7.58. The molecule has 2 aromatic rings. The quantitative estimate of drug-likeness (QED) is 0.818. The number of carbonyl (C=O) groups excluding carboxylic acids is 1. The number of ether oxygens (including phenoxy) is 2. The summed E-state index contributed by atoms with van der Waals surface area (Å²) in [5.41, 5.74) is 1.13. The first-order valence-electron chi connectivity index (χ1n) is 9.13. The van der Waals surface area contributed by atoms with Gasteiger partial charge in [0.05, 0.1) is 32.5 Å². The highest BCUT2D eigenvalue weighted by Gasteiger charge is 2.33. The van der Waals surface area contributed by atoms with Crippen LogP contribution in [0.1, 0.15) is 23.2 Å². The van der Waals surface area contributed by atoms with Gasteiger partial charge in [0.2, 0.25) is 0 Å². The predicted octanol–water partition coefficient (Wildman–Crippen LogP) is 1.44. The number of aliphatic hydroxyl groups is 1. The molecule has 0 radical (unpaired) electrons. The number of hydrogen-bond acceptors (Lipinski definition) is 7. The van der Waals surface area contributed by atoms with Crippen LogP contribution in [0.25, 0.3) is 11.3 Å². The minimum Gasteiger partial charge on any atom is -0.497 e. The summed E-state index contributed by atoms with van der Waals surface area (Å²) in [5, 5.41) is 17.0. The fourth-order valence-electron chi connectivity index (χ4n) is 3.49. The van der Waals surface area contributed by atoms with Crippen molar-refractivity contribution < 1.29 is 23.9 Å². The second-order valence-corrected chi connectivity index (χ2v) is 6.82. The van der Waals surface area contributed by atoms with Gasteiger partial charge in [0.15, 0.2) is 11.6 Å². The van der Waals surface area contributed by atoms with Crippen LogP contribution in [0.2, 0.25) is 0 Å². The summed E-state index contributed by atoms with van der Waals surface area (Å²) in [7, 11) is 1.60. The first-order valence-corrected chi connectivity index (χ1v) is 9.13. The van der Waals surface area contributed by atoms with Gasteiger partial charge in [0.1, 0.15) is 11.3 Å². The number of benzene rings is 1. The third kappa shape index (κ3) is 3.50. The topological polar surface area (TPSA) is 97.1 Å². The standard InChI is InChI=1S/C19H23N3O5/c1-25-13-6-4-12(5-7-13)17-16(18(21-27-17)22-8-2-3-9-22)19(24)20-14-10-26-11-15(14)23/h4-7,14-15,23H,2-3,8-11H2,1H3,(H,20,24)/t14-,15-/m0/s1. The van der Waals surface area contributed by atoms with Crippen molar-refractivity contribution in [3.8, 4) is 17.1 Å². The monoisotopic (exact) mass is 373 g/mol. The third-order valence-electron chi connectivity index (χ3n) is 5.03. The van der Waals surface area contributed by atoms with Crippen LogP contribution in [0.3, 0.4) is 0 Å². The Hall–Kier alpha value is -2.58. The molecule has 2 atom stereocenters. The molecule has 0 saturated carbocycles. The number of carbonyl (C=O) groups is 1. The molecule has 0 aliphatic carbocycles. The number of nitrogens with zero attached hydrogens (tertiary/aromatic N) is 2. The smallest absolute Gasteiger partial charge is 0.259 e. The number of aliphatic hydroxyl groups excluding tert-OH is 1. The Bertz CT molecular complexity index is 798. The Morgan fingerprint density at radius 2 is 2.00 bits per heavy atom. The number of aromatic nitrogens is 1. The van der Waals surface area contributed by atoms with E-state index in [0.29, 0.717) is 17.1 Å². The average molecular weight is 373 g/mol. The molecule has 2 N–H and O–H groups in total.